The van der Waals surface area contributed by atoms with Crippen LogP contribution in [0.5, 0.6) is 0 Å². The smallest absolute Gasteiger partial charge is 0.306 e. The summed E-state index contributed by atoms with van der Waals surface area (Å²) in [5.41, 5.74) is 2.39. The van der Waals surface area contributed by atoms with Gasteiger partial charge in [0.05, 0.1) is 5.92 Å². The predicted molar refractivity (Wildman–Crippen MR) is 81.0 cm³/mol. The van der Waals surface area contributed by atoms with E-state index in [0.717, 1.165) is 43.8 Å². The minimum absolute atomic E-state index is 0.178. The number of carbonyl (C=O) groups is 1. The maximum atomic E-state index is 11.2. The fourth-order valence-electron chi connectivity index (χ4n) is 3.03. The van der Waals surface area contributed by atoms with Gasteiger partial charge in [0.2, 0.25) is 0 Å². The lowest BCUT2D eigenvalue weighted by Gasteiger charge is -2.28. The molecule has 20 heavy (non-hydrogen) atoms. The number of hydrogen-bond donors (Lipinski definition) is 2. The fourth-order valence-corrected chi connectivity index (χ4v) is 3.25. The van der Waals surface area contributed by atoms with Crippen LogP contribution in [0, 0.1) is 18.8 Å². The Morgan fingerprint density at radius 1 is 1.40 bits per heavy atom. The van der Waals surface area contributed by atoms with Crippen LogP contribution in [0.3, 0.4) is 0 Å². The molecule has 0 heterocycles. The molecule has 0 aromatic heterocycles. The van der Waals surface area contributed by atoms with Crippen molar-refractivity contribution < 1.29 is 9.90 Å². The molecule has 2 atom stereocenters. The quantitative estimate of drug-likeness (QED) is 0.872. The predicted octanol–water partition coefficient (Wildman–Crippen LogP) is 3.63. The van der Waals surface area contributed by atoms with Gasteiger partial charge in [-0.05, 0) is 55.5 Å². The van der Waals surface area contributed by atoms with Crippen LogP contribution < -0.4 is 5.32 Å². The van der Waals surface area contributed by atoms with E-state index in [4.69, 9.17) is 11.6 Å². The van der Waals surface area contributed by atoms with E-state index in [1.54, 1.807) is 0 Å². The second-order valence-electron chi connectivity index (χ2n) is 5.69. The van der Waals surface area contributed by atoms with Crippen LogP contribution in [0.4, 0.5) is 0 Å². The lowest BCUT2D eigenvalue weighted by atomic mass is 9.79. The zero-order valence-electron chi connectivity index (χ0n) is 11.9. The molecule has 0 bridgehead atoms. The number of carboxylic acid groups (broad SMARTS) is 1. The Kier molecular flexibility index (Phi) is 5.44. The lowest BCUT2D eigenvalue weighted by Crippen LogP contribution is -2.34. The topological polar surface area (TPSA) is 49.3 Å². The van der Waals surface area contributed by atoms with Gasteiger partial charge in [0.25, 0.3) is 0 Å². The SMILES string of the molecule is Cc1cc(Cl)ccc1CNCC1CCCCC1C(=O)O. The minimum atomic E-state index is -0.640. The maximum Gasteiger partial charge on any atom is 0.306 e. The molecular formula is C16H22ClNO2. The van der Waals surface area contributed by atoms with E-state index in [9.17, 15) is 9.90 Å². The van der Waals surface area contributed by atoms with Gasteiger partial charge >= 0.3 is 5.97 Å². The van der Waals surface area contributed by atoms with Crippen molar-refractivity contribution in [3.05, 3.63) is 34.3 Å². The average molecular weight is 296 g/mol. The zero-order valence-corrected chi connectivity index (χ0v) is 12.6. The Hall–Kier alpha value is -1.06. The Bertz CT molecular complexity index is 476. The summed E-state index contributed by atoms with van der Waals surface area (Å²) in [5, 5.41) is 13.4. The molecule has 1 aliphatic rings. The molecule has 1 aromatic carbocycles. The van der Waals surface area contributed by atoms with Crippen LogP contribution >= 0.6 is 11.6 Å². The van der Waals surface area contributed by atoms with E-state index in [1.165, 1.54) is 11.1 Å². The first-order chi connectivity index (χ1) is 9.58. The van der Waals surface area contributed by atoms with E-state index < -0.39 is 5.97 Å². The molecule has 0 aliphatic heterocycles. The molecule has 3 nitrogen and oxygen atoms in total. The summed E-state index contributed by atoms with van der Waals surface area (Å²) in [6, 6.07) is 5.88. The maximum absolute atomic E-state index is 11.2. The van der Waals surface area contributed by atoms with Gasteiger partial charge in [-0.25, -0.2) is 0 Å². The van der Waals surface area contributed by atoms with Gasteiger partial charge in [0, 0.05) is 11.6 Å². The first-order valence-electron chi connectivity index (χ1n) is 7.26. The molecule has 2 N–H and O–H groups in total. The van der Waals surface area contributed by atoms with Crippen LogP contribution in [-0.2, 0) is 11.3 Å². The molecule has 0 amide bonds. The molecular weight excluding hydrogens is 274 g/mol. The summed E-state index contributed by atoms with van der Waals surface area (Å²) in [7, 11) is 0. The minimum Gasteiger partial charge on any atom is -0.481 e. The van der Waals surface area contributed by atoms with Gasteiger partial charge in [-0.2, -0.15) is 0 Å². The molecule has 1 saturated carbocycles. The van der Waals surface area contributed by atoms with Gasteiger partial charge < -0.3 is 10.4 Å². The monoisotopic (exact) mass is 295 g/mol. The molecule has 110 valence electrons. The zero-order chi connectivity index (χ0) is 14.5. The molecule has 2 unspecified atom stereocenters. The number of nitrogens with one attached hydrogen (secondary N) is 1. The third kappa shape index (κ3) is 3.97. The second kappa shape index (κ2) is 7.09. The summed E-state index contributed by atoms with van der Waals surface area (Å²) in [4.78, 5) is 11.2. The Labute approximate surface area is 125 Å². The number of benzene rings is 1. The van der Waals surface area contributed by atoms with Crippen LogP contribution in [0.25, 0.3) is 0 Å². The molecule has 0 saturated heterocycles. The average Bonchev–Trinajstić information content (AvgIpc) is 2.41. The van der Waals surface area contributed by atoms with E-state index >= 15 is 0 Å². The first kappa shape index (κ1) is 15.3. The number of halogens is 1. The van der Waals surface area contributed by atoms with Crippen molar-refractivity contribution in [2.45, 2.75) is 39.2 Å². The molecule has 1 aromatic rings. The highest BCUT2D eigenvalue weighted by atomic mass is 35.5. The van der Waals surface area contributed by atoms with Crippen molar-refractivity contribution >= 4 is 17.6 Å². The third-order valence-corrected chi connectivity index (χ3v) is 4.49. The van der Waals surface area contributed by atoms with Crippen molar-refractivity contribution in [3.63, 3.8) is 0 Å². The highest BCUT2D eigenvalue weighted by Gasteiger charge is 2.30. The fraction of sp³-hybridized carbons (Fsp3) is 0.562. The summed E-state index contributed by atoms with van der Waals surface area (Å²) in [6.45, 7) is 3.59. The lowest BCUT2D eigenvalue weighted by molar-refractivity contribution is -0.144. The van der Waals surface area contributed by atoms with Crippen LogP contribution in [0.15, 0.2) is 18.2 Å². The van der Waals surface area contributed by atoms with Crippen LogP contribution in [0.2, 0.25) is 5.02 Å². The first-order valence-corrected chi connectivity index (χ1v) is 7.64. The van der Waals surface area contributed by atoms with Gasteiger partial charge in [0.1, 0.15) is 0 Å². The highest BCUT2D eigenvalue weighted by Crippen LogP contribution is 2.29. The molecule has 1 fully saturated rings. The van der Waals surface area contributed by atoms with Crippen LogP contribution in [-0.4, -0.2) is 17.6 Å². The van der Waals surface area contributed by atoms with E-state index in [2.05, 4.69) is 5.32 Å². The summed E-state index contributed by atoms with van der Waals surface area (Å²) in [5.74, 6) is -0.560. The summed E-state index contributed by atoms with van der Waals surface area (Å²) >= 11 is 5.94. The molecule has 4 heteroatoms. The number of aliphatic carboxylic acids is 1. The van der Waals surface area contributed by atoms with Gasteiger partial charge in [0.15, 0.2) is 0 Å². The molecule has 0 spiro atoms. The summed E-state index contributed by atoms with van der Waals surface area (Å²) in [6.07, 6.45) is 4.03. The van der Waals surface area contributed by atoms with Gasteiger partial charge in [-0.3, -0.25) is 4.79 Å². The second-order valence-corrected chi connectivity index (χ2v) is 6.13. The number of carboxylic acids is 1. The van der Waals surface area contributed by atoms with Crippen LogP contribution in [0.1, 0.15) is 36.8 Å². The third-order valence-electron chi connectivity index (χ3n) is 4.25. The normalized spacial score (nSPS) is 22.7. The van der Waals surface area contributed by atoms with Gasteiger partial charge in [-0.1, -0.05) is 30.5 Å². The van der Waals surface area contributed by atoms with Crippen molar-refractivity contribution in [1.82, 2.24) is 5.32 Å². The molecule has 0 radical (unpaired) electrons. The largest absolute Gasteiger partial charge is 0.481 e. The van der Waals surface area contributed by atoms with Crippen molar-refractivity contribution in [1.29, 1.82) is 0 Å². The Morgan fingerprint density at radius 2 is 2.15 bits per heavy atom. The van der Waals surface area contributed by atoms with Crippen molar-refractivity contribution in [2.24, 2.45) is 11.8 Å². The van der Waals surface area contributed by atoms with Crippen molar-refractivity contribution in [2.75, 3.05) is 6.54 Å². The Balaban J connectivity index is 1.86. The van der Waals surface area contributed by atoms with Crippen molar-refractivity contribution in [3.8, 4) is 0 Å². The van der Waals surface area contributed by atoms with E-state index in [0.29, 0.717) is 0 Å². The van der Waals surface area contributed by atoms with E-state index in [-0.39, 0.29) is 11.8 Å². The van der Waals surface area contributed by atoms with Gasteiger partial charge in [-0.15, -0.1) is 0 Å². The Morgan fingerprint density at radius 3 is 2.85 bits per heavy atom. The highest BCUT2D eigenvalue weighted by molar-refractivity contribution is 6.30. The number of hydrogen-bond acceptors (Lipinski definition) is 2. The number of rotatable bonds is 5. The summed E-state index contributed by atoms with van der Waals surface area (Å²) < 4.78 is 0. The number of aryl methyl sites for hydroxylation is 1. The molecule has 1 aliphatic carbocycles. The van der Waals surface area contributed by atoms with E-state index in [1.807, 2.05) is 25.1 Å². The molecule has 2 rings (SSSR count). The standard InChI is InChI=1S/C16H22ClNO2/c1-11-8-14(17)7-6-12(11)9-18-10-13-4-2-3-5-15(13)16(19)20/h6-8,13,15,18H,2-5,9-10H2,1H3,(H,19,20).